The molecular formula is C15H27N3O2S. The van der Waals surface area contributed by atoms with Crippen LogP contribution in [-0.2, 0) is 0 Å². The highest BCUT2D eigenvalue weighted by Crippen LogP contribution is 2.22. The molecule has 1 aromatic rings. The van der Waals surface area contributed by atoms with Crippen molar-refractivity contribution in [1.82, 2.24) is 15.6 Å². The van der Waals surface area contributed by atoms with Crippen molar-refractivity contribution in [2.45, 2.75) is 59.6 Å². The highest BCUT2D eigenvalue weighted by molar-refractivity contribution is 7.09. The molecule has 1 aromatic heterocycles. The first-order valence-electron chi connectivity index (χ1n) is 7.38. The van der Waals surface area contributed by atoms with E-state index in [4.69, 9.17) is 0 Å². The zero-order chi connectivity index (χ0) is 16.0. The van der Waals surface area contributed by atoms with Crippen molar-refractivity contribution in [3.05, 3.63) is 16.1 Å². The molecule has 0 aliphatic heterocycles. The Hall–Kier alpha value is -1.14. The average molecular weight is 313 g/mol. The number of aryl methyl sites for hydroxylation is 1. The summed E-state index contributed by atoms with van der Waals surface area (Å²) in [7, 11) is 0. The van der Waals surface area contributed by atoms with E-state index in [0.717, 1.165) is 17.1 Å². The molecule has 0 aromatic carbocycles. The van der Waals surface area contributed by atoms with Gasteiger partial charge < -0.3 is 15.7 Å². The number of carbonyl (C=O) groups is 1. The van der Waals surface area contributed by atoms with Gasteiger partial charge in [0.15, 0.2) is 0 Å². The zero-order valence-electron chi connectivity index (χ0n) is 13.6. The number of thiazole rings is 1. The first kappa shape index (κ1) is 17.9. The maximum atomic E-state index is 12.0. The van der Waals surface area contributed by atoms with E-state index in [-0.39, 0.29) is 23.6 Å². The minimum Gasteiger partial charge on any atom is -0.393 e. The van der Waals surface area contributed by atoms with Crippen LogP contribution in [0.2, 0.25) is 0 Å². The molecule has 1 heterocycles. The van der Waals surface area contributed by atoms with Crippen LogP contribution in [0, 0.1) is 12.3 Å². The van der Waals surface area contributed by atoms with Crippen LogP contribution in [0.4, 0.5) is 4.79 Å². The van der Waals surface area contributed by atoms with Gasteiger partial charge in [-0.1, -0.05) is 20.8 Å². The quantitative estimate of drug-likeness (QED) is 0.724. The summed E-state index contributed by atoms with van der Waals surface area (Å²) < 4.78 is 0. The highest BCUT2D eigenvalue weighted by Gasteiger charge is 2.22. The van der Waals surface area contributed by atoms with Crippen LogP contribution in [0.3, 0.4) is 0 Å². The molecule has 1 rings (SSSR count). The second-order valence-electron chi connectivity index (χ2n) is 6.33. The topological polar surface area (TPSA) is 74.2 Å². The van der Waals surface area contributed by atoms with Crippen molar-refractivity contribution < 1.29 is 9.90 Å². The summed E-state index contributed by atoms with van der Waals surface area (Å²) in [5.74, 6) is 0. The molecule has 21 heavy (non-hydrogen) atoms. The van der Waals surface area contributed by atoms with Gasteiger partial charge in [-0.05, 0) is 32.1 Å². The molecule has 0 spiro atoms. The SMILES string of the molecule is CCC(NC(=O)NCC(C)(C)CC(C)O)c1nc(C)cs1. The molecule has 0 saturated carbocycles. The molecule has 5 nitrogen and oxygen atoms in total. The van der Waals surface area contributed by atoms with Crippen molar-refractivity contribution >= 4 is 17.4 Å². The van der Waals surface area contributed by atoms with Crippen LogP contribution in [0.5, 0.6) is 0 Å². The van der Waals surface area contributed by atoms with Crippen LogP contribution in [0.1, 0.15) is 57.3 Å². The number of aliphatic hydroxyl groups excluding tert-OH is 1. The summed E-state index contributed by atoms with van der Waals surface area (Å²) in [6.07, 6.45) is 1.08. The van der Waals surface area contributed by atoms with Crippen molar-refractivity contribution in [3.63, 3.8) is 0 Å². The van der Waals surface area contributed by atoms with Crippen molar-refractivity contribution in [1.29, 1.82) is 0 Å². The lowest BCUT2D eigenvalue weighted by Crippen LogP contribution is -2.42. The van der Waals surface area contributed by atoms with Crippen LogP contribution < -0.4 is 10.6 Å². The molecule has 120 valence electrons. The Bertz CT molecular complexity index is 458. The zero-order valence-corrected chi connectivity index (χ0v) is 14.4. The number of aliphatic hydroxyl groups is 1. The van der Waals surface area contributed by atoms with Gasteiger partial charge in [0.25, 0.3) is 0 Å². The van der Waals surface area contributed by atoms with Gasteiger partial charge in [-0.3, -0.25) is 0 Å². The minimum absolute atomic E-state index is 0.0522. The molecule has 2 unspecified atom stereocenters. The Labute approximate surface area is 131 Å². The lowest BCUT2D eigenvalue weighted by molar-refractivity contribution is 0.128. The molecule has 0 aliphatic carbocycles. The molecule has 0 radical (unpaired) electrons. The minimum atomic E-state index is -0.369. The summed E-state index contributed by atoms with van der Waals surface area (Å²) in [4.78, 5) is 16.4. The van der Waals surface area contributed by atoms with Crippen molar-refractivity contribution in [2.75, 3.05) is 6.54 Å². The number of nitrogens with zero attached hydrogens (tertiary/aromatic N) is 1. The summed E-state index contributed by atoms with van der Waals surface area (Å²) >= 11 is 1.57. The first-order valence-corrected chi connectivity index (χ1v) is 8.26. The highest BCUT2D eigenvalue weighted by atomic mass is 32.1. The van der Waals surface area contributed by atoms with E-state index in [1.165, 1.54) is 0 Å². The van der Waals surface area contributed by atoms with Gasteiger partial charge >= 0.3 is 6.03 Å². The van der Waals surface area contributed by atoms with Gasteiger partial charge in [0.1, 0.15) is 5.01 Å². The Balaban J connectivity index is 2.48. The lowest BCUT2D eigenvalue weighted by Gasteiger charge is -2.27. The normalized spacial score (nSPS) is 14.6. The number of amides is 2. The van der Waals surface area contributed by atoms with E-state index in [9.17, 15) is 9.90 Å². The Morgan fingerprint density at radius 2 is 2.19 bits per heavy atom. The van der Waals surface area contributed by atoms with Gasteiger partial charge in [-0.15, -0.1) is 11.3 Å². The molecule has 0 bridgehead atoms. The lowest BCUT2D eigenvalue weighted by atomic mass is 9.87. The first-order chi connectivity index (χ1) is 9.73. The number of aromatic nitrogens is 1. The standard InChI is InChI=1S/C15H27N3O2S/c1-6-12(13-17-10(2)8-21-13)18-14(20)16-9-15(4,5)7-11(3)19/h8,11-12,19H,6-7,9H2,1-5H3,(H2,16,18,20). The fourth-order valence-electron chi connectivity index (χ4n) is 2.27. The largest absolute Gasteiger partial charge is 0.393 e. The number of hydrogen-bond acceptors (Lipinski definition) is 4. The molecule has 2 amide bonds. The van der Waals surface area contributed by atoms with Crippen molar-refractivity contribution in [2.24, 2.45) is 5.41 Å². The van der Waals surface area contributed by atoms with E-state index >= 15 is 0 Å². The summed E-state index contributed by atoms with van der Waals surface area (Å²) in [5.41, 5.74) is 0.846. The van der Waals surface area contributed by atoms with E-state index in [0.29, 0.717) is 13.0 Å². The molecule has 0 fully saturated rings. The predicted molar refractivity (Wildman–Crippen MR) is 86.5 cm³/mol. The monoisotopic (exact) mass is 313 g/mol. The molecule has 3 N–H and O–H groups in total. The smallest absolute Gasteiger partial charge is 0.315 e. The third-order valence-electron chi connectivity index (χ3n) is 3.22. The third-order valence-corrected chi connectivity index (χ3v) is 4.30. The van der Waals surface area contributed by atoms with Gasteiger partial charge in [0, 0.05) is 17.6 Å². The van der Waals surface area contributed by atoms with Crippen LogP contribution in [0.15, 0.2) is 5.38 Å². The van der Waals surface area contributed by atoms with E-state index in [1.54, 1.807) is 18.3 Å². The summed E-state index contributed by atoms with van der Waals surface area (Å²) in [6, 6.07) is -0.239. The molecule has 2 atom stereocenters. The van der Waals surface area contributed by atoms with Crippen LogP contribution in [0.25, 0.3) is 0 Å². The summed E-state index contributed by atoms with van der Waals surface area (Å²) in [5, 5.41) is 18.2. The number of urea groups is 1. The number of hydrogen-bond donors (Lipinski definition) is 3. The molecule has 6 heteroatoms. The number of nitrogens with one attached hydrogen (secondary N) is 2. The van der Waals surface area contributed by atoms with Crippen LogP contribution >= 0.6 is 11.3 Å². The predicted octanol–water partition coefficient (Wildman–Crippen LogP) is 3.00. The van der Waals surface area contributed by atoms with E-state index in [2.05, 4.69) is 15.6 Å². The maximum absolute atomic E-state index is 12.0. The van der Waals surface area contributed by atoms with Crippen LogP contribution in [-0.4, -0.2) is 28.8 Å². The second-order valence-corrected chi connectivity index (χ2v) is 7.22. The van der Waals surface area contributed by atoms with Gasteiger partial charge in [-0.25, -0.2) is 9.78 Å². The number of rotatable bonds is 7. The maximum Gasteiger partial charge on any atom is 0.315 e. The van der Waals surface area contributed by atoms with Gasteiger partial charge in [0.05, 0.1) is 12.1 Å². The Kier molecular flexibility index (Phi) is 6.61. The summed E-state index contributed by atoms with van der Waals surface area (Å²) in [6.45, 7) is 10.3. The Morgan fingerprint density at radius 3 is 2.67 bits per heavy atom. The van der Waals surface area contributed by atoms with Crippen molar-refractivity contribution in [3.8, 4) is 0 Å². The molecular weight excluding hydrogens is 286 g/mol. The second kappa shape index (κ2) is 7.75. The fourth-order valence-corrected chi connectivity index (χ4v) is 3.20. The fraction of sp³-hybridized carbons (Fsp3) is 0.733. The molecule has 0 aliphatic rings. The van der Waals surface area contributed by atoms with Gasteiger partial charge in [0.2, 0.25) is 0 Å². The number of carbonyl (C=O) groups excluding carboxylic acids is 1. The van der Waals surface area contributed by atoms with E-state index in [1.807, 2.05) is 33.1 Å². The molecule has 0 saturated heterocycles. The third kappa shape index (κ3) is 6.44. The average Bonchev–Trinajstić information content (AvgIpc) is 2.78. The van der Waals surface area contributed by atoms with Gasteiger partial charge in [-0.2, -0.15) is 0 Å². The van der Waals surface area contributed by atoms with E-state index < -0.39 is 0 Å². The Morgan fingerprint density at radius 1 is 1.52 bits per heavy atom.